The van der Waals surface area contributed by atoms with E-state index in [0.717, 1.165) is 18.2 Å². The molecule has 3 saturated carbocycles. The van der Waals surface area contributed by atoms with E-state index in [0.29, 0.717) is 10.8 Å². The molecule has 15 heavy (non-hydrogen) atoms. The Bertz CT molecular complexity index is 420. The minimum Gasteiger partial charge on any atom is -0.382 e. The van der Waals surface area contributed by atoms with E-state index < -0.39 is 0 Å². The second-order valence-electron chi connectivity index (χ2n) is 5.60. The Hall–Kier alpha value is -0.990. The molecular formula is C12H17N3. The summed E-state index contributed by atoms with van der Waals surface area (Å²) < 4.78 is 0. The number of anilines is 1. The highest BCUT2D eigenvalue weighted by molar-refractivity contribution is 5.52. The predicted octanol–water partition coefficient (Wildman–Crippen LogP) is 2.21. The lowest BCUT2D eigenvalue weighted by Crippen LogP contribution is -1.93. The summed E-state index contributed by atoms with van der Waals surface area (Å²) in [6.07, 6.45) is 6.79. The second kappa shape index (κ2) is 2.08. The summed E-state index contributed by atoms with van der Waals surface area (Å²) in [5, 5.41) is 7.39. The van der Waals surface area contributed by atoms with Crippen molar-refractivity contribution in [2.24, 2.45) is 10.8 Å². The predicted molar refractivity (Wildman–Crippen MR) is 58.5 cm³/mol. The van der Waals surface area contributed by atoms with E-state index in [4.69, 9.17) is 5.73 Å². The fraction of sp³-hybridized carbons (Fsp3) is 0.750. The third-order valence-electron chi connectivity index (χ3n) is 5.16. The molecule has 0 radical (unpaired) electrons. The van der Waals surface area contributed by atoms with Gasteiger partial charge in [-0.1, -0.05) is 6.92 Å². The van der Waals surface area contributed by atoms with Gasteiger partial charge in [0, 0.05) is 17.2 Å². The number of H-pyrrole nitrogens is 1. The van der Waals surface area contributed by atoms with Gasteiger partial charge in [-0.25, -0.2) is 0 Å². The Morgan fingerprint density at radius 3 is 2.40 bits per heavy atom. The average molecular weight is 203 g/mol. The molecule has 0 amide bonds. The smallest absolute Gasteiger partial charge is 0.148 e. The quantitative estimate of drug-likeness (QED) is 0.774. The first-order valence-electron chi connectivity index (χ1n) is 6.08. The summed E-state index contributed by atoms with van der Waals surface area (Å²) in [6, 6.07) is 0. The molecule has 4 rings (SSSR count). The standard InChI is InChI=1S/C12H17N3/c1-2-7-8(14-15-10(7)13)9-11(3-4-11)12(9)5-6-12/h9H,2-6H2,1H3,(H3,13,14,15). The van der Waals surface area contributed by atoms with Crippen LogP contribution >= 0.6 is 0 Å². The summed E-state index contributed by atoms with van der Waals surface area (Å²) in [4.78, 5) is 0. The number of aromatic nitrogens is 2. The molecular weight excluding hydrogens is 186 g/mol. The van der Waals surface area contributed by atoms with Crippen LogP contribution in [-0.4, -0.2) is 10.2 Å². The normalized spacial score (nSPS) is 28.6. The van der Waals surface area contributed by atoms with E-state index in [-0.39, 0.29) is 0 Å². The monoisotopic (exact) mass is 203 g/mol. The van der Waals surface area contributed by atoms with Crippen molar-refractivity contribution in [3.8, 4) is 0 Å². The van der Waals surface area contributed by atoms with Crippen LogP contribution in [0.15, 0.2) is 0 Å². The maximum atomic E-state index is 5.89. The lowest BCUT2D eigenvalue weighted by atomic mass is 10.1. The van der Waals surface area contributed by atoms with Crippen LogP contribution < -0.4 is 5.73 Å². The Balaban J connectivity index is 1.79. The lowest BCUT2D eigenvalue weighted by Gasteiger charge is -1.99. The molecule has 3 aliphatic rings. The van der Waals surface area contributed by atoms with Crippen LogP contribution in [0.3, 0.4) is 0 Å². The number of nitrogens with one attached hydrogen (secondary N) is 1. The topological polar surface area (TPSA) is 54.7 Å². The molecule has 3 fully saturated rings. The summed E-state index contributed by atoms with van der Waals surface area (Å²) >= 11 is 0. The van der Waals surface area contributed by atoms with Gasteiger partial charge in [0.15, 0.2) is 0 Å². The first-order valence-corrected chi connectivity index (χ1v) is 6.08. The van der Waals surface area contributed by atoms with E-state index in [1.807, 2.05) is 0 Å². The van der Waals surface area contributed by atoms with Gasteiger partial charge in [0.25, 0.3) is 0 Å². The van der Waals surface area contributed by atoms with E-state index in [9.17, 15) is 0 Å². The highest BCUT2D eigenvalue weighted by Crippen LogP contribution is 2.95. The van der Waals surface area contributed by atoms with Crippen LogP contribution in [-0.2, 0) is 6.42 Å². The zero-order chi connectivity index (χ0) is 10.3. The molecule has 0 aromatic carbocycles. The highest BCUT2D eigenvalue weighted by Gasteiger charge is 2.87. The molecule has 0 unspecified atom stereocenters. The molecule has 3 nitrogen and oxygen atoms in total. The number of hydrogen-bond acceptors (Lipinski definition) is 2. The number of aromatic amines is 1. The van der Waals surface area contributed by atoms with Gasteiger partial charge in [0.1, 0.15) is 5.82 Å². The van der Waals surface area contributed by atoms with Crippen LogP contribution in [0.1, 0.15) is 49.8 Å². The van der Waals surface area contributed by atoms with Crippen molar-refractivity contribution >= 4 is 5.82 Å². The summed E-state index contributed by atoms with van der Waals surface area (Å²) in [5.41, 5.74) is 9.97. The largest absolute Gasteiger partial charge is 0.382 e. The van der Waals surface area contributed by atoms with Crippen LogP contribution in [0.4, 0.5) is 5.82 Å². The molecule has 3 heteroatoms. The number of fused-ring (bicyclic) bond motifs is 1. The molecule has 1 aromatic rings. The number of nitrogens with zero attached hydrogens (tertiary/aromatic N) is 1. The molecule has 2 spiro atoms. The average Bonchev–Trinajstić information content (AvgIpc) is 3.12. The minimum atomic E-state index is 0.704. The molecule has 0 aliphatic heterocycles. The zero-order valence-corrected chi connectivity index (χ0v) is 9.14. The highest BCUT2D eigenvalue weighted by atomic mass is 15.2. The van der Waals surface area contributed by atoms with Crippen LogP contribution in [0.25, 0.3) is 0 Å². The molecule has 3 N–H and O–H groups in total. The van der Waals surface area contributed by atoms with Gasteiger partial charge in [-0.05, 0) is 42.9 Å². The summed E-state index contributed by atoms with van der Waals surface area (Å²) in [6.45, 7) is 2.17. The molecule has 3 aliphatic carbocycles. The van der Waals surface area contributed by atoms with Crippen molar-refractivity contribution in [1.29, 1.82) is 0 Å². The van der Waals surface area contributed by atoms with Gasteiger partial charge in [-0.15, -0.1) is 0 Å². The van der Waals surface area contributed by atoms with E-state index in [1.54, 1.807) is 0 Å². The molecule has 0 atom stereocenters. The van der Waals surface area contributed by atoms with Crippen molar-refractivity contribution in [3.63, 3.8) is 0 Å². The second-order valence-corrected chi connectivity index (χ2v) is 5.60. The Labute approximate surface area is 89.4 Å². The molecule has 80 valence electrons. The zero-order valence-electron chi connectivity index (χ0n) is 9.14. The summed E-state index contributed by atoms with van der Waals surface area (Å²) in [5.74, 6) is 1.51. The van der Waals surface area contributed by atoms with Crippen LogP contribution in [0, 0.1) is 10.8 Å². The Morgan fingerprint density at radius 1 is 1.33 bits per heavy atom. The van der Waals surface area contributed by atoms with E-state index in [2.05, 4.69) is 17.1 Å². The maximum Gasteiger partial charge on any atom is 0.148 e. The first kappa shape index (κ1) is 8.20. The lowest BCUT2D eigenvalue weighted by molar-refractivity contribution is 0.716. The van der Waals surface area contributed by atoms with Crippen molar-refractivity contribution in [2.75, 3.05) is 5.73 Å². The Kier molecular flexibility index (Phi) is 1.14. The van der Waals surface area contributed by atoms with Gasteiger partial charge in [-0.2, -0.15) is 5.10 Å². The third kappa shape index (κ3) is 0.714. The van der Waals surface area contributed by atoms with Crippen molar-refractivity contribution in [3.05, 3.63) is 11.3 Å². The van der Waals surface area contributed by atoms with Crippen LogP contribution in [0.5, 0.6) is 0 Å². The van der Waals surface area contributed by atoms with Gasteiger partial charge >= 0.3 is 0 Å². The van der Waals surface area contributed by atoms with Crippen molar-refractivity contribution < 1.29 is 0 Å². The molecule has 1 aromatic heterocycles. The third-order valence-corrected chi connectivity index (χ3v) is 5.16. The SMILES string of the molecule is CCc1c(N)n[nH]c1C1C2(CC2)C12CC2. The number of nitrogens with two attached hydrogens (primary N) is 1. The minimum absolute atomic E-state index is 0.704. The van der Waals surface area contributed by atoms with Crippen LogP contribution in [0.2, 0.25) is 0 Å². The van der Waals surface area contributed by atoms with Crippen molar-refractivity contribution in [2.45, 2.75) is 44.9 Å². The Morgan fingerprint density at radius 2 is 1.93 bits per heavy atom. The van der Waals surface area contributed by atoms with Crippen molar-refractivity contribution in [1.82, 2.24) is 10.2 Å². The summed E-state index contributed by atoms with van der Waals surface area (Å²) in [7, 11) is 0. The number of hydrogen-bond donors (Lipinski definition) is 2. The van der Waals surface area contributed by atoms with Gasteiger partial charge in [0.05, 0.1) is 0 Å². The van der Waals surface area contributed by atoms with E-state index in [1.165, 1.54) is 36.9 Å². The van der Waals surface area contributed by atoms with Gasteiger partial charge in [0.2, 0.25) is 0 Å². The van der Waals surface area contributed by atoms with E-state index >= 15 is 0 Å². The first-order chi connectivity index (χ1) is 7.25. The fourth-order valence-corrected chi connectivity index (χ4v) is 4.14. The number of rotatable bonds is 2. The molecule has 0 saturated heterocycles. The molecule has 1 heterocycles. The van der Waals surface area contributed by atoms with Gasteiger partial charge < -0.3 is 5.73 Å². The fourth-order valence-electron chi connectivity index (χ4n) is 4.14. The maximum absolute atomic E-state index is 5.89. The van der Waals surface area contributed by atoms with Gasteiger partial charge in [-0.3, -0.25) is 5.10 Å². The number of nitrogen functional groups attached to an aromatic ring is 1. The molecule has 0 bridgehead atoms.